The number of nitro benzene ring substituents is 1. The first-order chi connectivity index (χ1) is 6.93. The van der Waals surface area contributed by atoms with E-state index in [2.05, 4.69) is 0 Å². The monoisotopic (exact) mass is 210 g/mol. The van der Waals surface area contributed by atoms with Crippen LogP contribution in [0.5, 0.6) is 0 Å². The van der Waals surface area contributed by atoms with Crippen LogP contribution in [0.25, 0.3) is 0 Å². The molecule has 0 saturated carbocycles. The lowest BCUT2D eigenvalue weighted by Gasteiger charge is -2.14. The van der Waals surface area contributed by atoms with Crippen molar-refractivity contribution in [3.63, 3.8) is 0 Å². The van der Waals surface area contributed by atoms with Gasteiger partial charge in [-0.2, -0.15) is 0 Å². The molecule has 0 bridgehead atoms. The summed E-state index contributed by atoms with van der Waals surface area (Å²) in [5.74, 6) is 0. The maximum absolute atomic E-state index is 10.8. The Bertz CT molecular complexity index is 375. The van der Waals surface area contributed by atoms with Crippen molar-refractivity contribution in [3.8, 4) is 0 Å². The molecule has 5 nitrogen and oxygen atoms in total. The van der Waals surface area contributed by atoms with Crippen LogP contribution in [0.4, 0.5) is 11.4 Å². The van der Waals surface area contributed by atoms with Gasteiger partial charge in [-0.25, -0.2) is 0 Å². The lowest BCUT2D eigenvalue weighted by Crippen LogP contribution is -2.11. The Morgan fingerprint density at radius 1 is 1.47 bits per heavy atom. The van der Waals surface area contributed by atoms with E-state index >= 15 is 0 Å². The highest BCUT2D eigenvalue weighted by molar-refractivity contribution is 5.63. The first kappa shape index (κ1) is 11.5. The first-order valence-electron chi connectivity index (χ1n) is 4.57. The molecule has 0 spiro atoms. The first-order valence-corrected chi connectivity index (χ1v) is 4.57. The van der Waals surface area contributed by atoms with Gasteiger partial charge >= 0.3 is 0 Å². The smallest absolute Gasteiger partial charge is 0.292 e. The minimum absolute atomic E-state index is 0.0124. The maximum atomic E-state index is 10.8. The van der Waals surface area contributed by atoms with Crippen LogP contribution in [0.15, 0.2) is 18.2 Å². The number of aliphatic hydroxyl groups is 1. The van der Waals surface area contributed by atoms with Crippen LogP contribution in [0.3, 0.4) is 0 Å². The van der Waals surface area contributed by atoms with Crippen molar-refractivity contribution >= 4 is 11.4 Å². The second-order valence-electron chi connectivity index (χ2n) is 3.58. The summed E-state index contributed by atoms with van der Waals surface area (Å²) < 4.78 is 0. The molecule has 0 saturated heterocycles. The van der Waals surface area contributed by atoms with Gasteiger partial charge in [-0.05, 0) is 18.6 Å². The quantitative estimate of drug-likeness (QED) is 0.609. The van der Waals surface area contributed by atoms with Gasteiger partial charge in [0.2, 0.25) is 0 Å². The molecule has 82 valence electrons. The standard InChI is InChI=1S/C10H14N2O3/c1-7(13)8-4-5-9(11(2)3)10(6-8)12(14)15/h4-7,13H,1-3H3. The molecule has 1 atom stereocenters. The fraction of sp³-hybridized carbons (Fsp3) is 0.400. The van der Waals surface area contributed by atoms with E-state index in [1.807, 2.05) is 0 Å². The van der Waals surface area contributed by atoms with E-state index < -0.39 is 11.0 Å². The predicted molar refractivity (Wildman–Crippen MR) is 58.1 cm³/mol. The second-order valence-corrected chi connectivity index (χ2v) is 3.58. The third kappa shape index (κ3) is 2.44. The van der Waals surface area contributed by atoms with E-state index in [1.54, 1.807) is 38.1 Å². The van der Waals surface area contributed by atoms with Gasteiger partial charge < -0.3 is 10.0 Å². The van der Waals surface area contributed by atoms with Crippen molar-refractivity contribution in [1.29, 1.82) is 0 Å². The van der Waals surface area contributed by atoms with Crippen LogP contribution in [-0.2, 0) is 0 Å². The molecule has 5 heteroatoms. The molecule has 0 amide bonds. The normalized spacial score (nSPS) is 12.3. The summed E-state index contributed by atoms with van der Waals surface area (Å²) in [4.78, 5) is 12.0. The number of aliphatic hydroxyl groups excluding tert-OH is 1. The zero-order valence-corrected chi connectivity index (χ0v) is 8.97. The minimum Gasteiger partial charge on any atom is -0.389 e. The lowest BCUT2D eigenvalue weighted by molar-refractivity contribution is -0.384. The van der Waals surface area contributed by atoms with Gasteiger partial charge in [0.15, 0.2) is 0 Å². The molecule has 15 heavy (non-hydrogen) atoms. The molecule has 1 N–H and O–H groups in total. The Kier molecular flexibility index (Phi) is 3.26. The average Bonchev–Trinajstić information content (AvgIpc) is 2.16. The topological polar surface area (TPSA) is 66.6 Å². The highest BCUT2D eigenvalue weighted by Gasteiger charge is 2.17. The Labute approximate surface area is 88.1 Å². The molecule has 0 radical (unpaired) electrons. The zero-order valence-electron chi connectivity index (χ0n) is 8.97. The fourth-order valence-corrected chi connectivity index (χ4v) is 1.32. The number of nitro groups is 1. The third-order valence-corrected chi connectivity index (χ3v) is 2.16. The van der Waals surface area contributed by atoms with Crippen molar-refractivity contribution in [2.75, 3.05) is 19.0 Å². The molecule has 0 fully saturated rings. The Morgan fingerprint density at radius 3 is 2.47 bits per heavy atom. The summed E-state index contributed by atoms with van der Waals surface area (Å²) in [6.45, 7) is 1.58. The summed E-state index contributed by atoms with van der Waals surface area (Å²) >= 11 is 0. The Balaban J connectivity index is 3.27. The van der Waals surface area contributed by atoms with Crippen molar-refractivity contribution < 1.29 is 10.0 Å². The van der Waals surface area contributed by atoms with Crippen molar-refractivity contribution in [2.24, 2.45) is 0 Å². The number of benzene rings is 1. The predicted octanol–water partition coefficient (Wildman–Crippen LogP) is 1.71. The van der Waals surface area contributed by atoms with Gasteiger partial charge in [-0.15, -0.1) is 0 Å². The number of hydrogen-bond acceptors (Lipinski definition) is 4. The molecule has 1 aromatic rings. The second kappa shape index (κ2) is 4.27. The highest BCUT2D eigenvalue weighted by atomic mass is 16.6. The summed E-state index contributed by atoms with van der Waals surface area (Å²) in [7, 11) is 3.48. The van der Waals surface area contributed by atoms with Gasteiger partial charge in [-0.3, -0.25) is 10.1 Å². The van der Waals surface area contributed by atoms with Gasteiger partial charge in [0.05, 0.1) is 11.0 Å². The lowest BCUT2D eigenvalue weighted by atomic mass is 10.1. The van der Waals surface area contributed by atoms with Crippen LogP contribution < -0.4 is 4.90 Å². The van der Waals surface area contributed by atoms with Gasteiger partial charge in [0.1, 0.15) is 5.69 Å². The SMILES string of the molecule is CC(O)c1ccc(N(C)C)c([N+](=O)[O-])c1. The van der Waals surface area contributed by atoms with Crippen molar-refractivity contribution in [1.82, 2.24) is 0 Å². The van der Waals surface area contributed by atoms with Crippen LogP contribution in [0.2, 0.25) is 0 Å². The molecule has 0 aliphatic rings. The third-order valence-electron chi connectivity index (χ3n) is 2.16. The zero-order chi connectivity index (χ0) is 11.6. The molecule has 1 rings (SSSR count). The van der Waals surface area contributed by atoms with Crippen LogP contribution in [-0.4, -0.2) is 24.1 Å². The van der Waals surface area contributed by atoms with E-state index in [0.29, 0.717) is 11.3 Å². The van der Waals surface area contributed by atoms with E-state index in [9.17, 15) is 15.2 Å². The summed E-state index contributed by atoms with van der Waals surface area (Å²) in [5, 5.41) is 20.1. The maximum Gasteiger partial charge on any atom is 0.292 e. The minimum atomic E-state index is -0.695. The molecular weight excluding hydrogens is 196 g/mol. The van der Waals surface area contributed by atoms with Gasteiger partial charge in [0, 0.05) is 20.2 Å². The molecule has 0 aliphatic heterocycles. The van der Waals surface area contributed by atoms with Crippen molar-refractivity contribution in [2.45, 2.75) is 13.0 Å². The highest BCUT2D eigenvalue weighted by Crippen LogP contribution is 2.29. The fourth-order valence-electron chi connectivity index (χ4n) is 1.32. The molecule has 1 aromatic carbocycles. The molecule has 0 heterocycles. The largest absolute Gasteiger partial charge is 0.389 e. The summed E-state index contributed by atoms with van der Waals surface area (Å²) in [6.07, 6.45) is -0.695. The molecule has 1 unspecified atom stereocenters. The number of rotatable bonds is 3. The van der Waals surface area contributed by atoms with E-state index in [-0.39, 0.29) is 5.69 Å². The molecule has 0 aromatic heterocycles. The van der Waals surface area contributed by atoms with Crippen LogP contribution in [0, 0.1) is 10.1 Å². The number of hydrogen-bond donors (Lipinski definition) is 1. The summed E-state index contributed by atoms with van der Waals surface area (Å²) in [6, 6.07) is 4.73. The van der Waals surface area contributed by atoms with Gasteiger partial charge in [-0.1, -0.05) is 6.07 Å². The number of nitrogens with zero attached hydrogens (tertiary/aromatic N) is 2. The van der Waals surface area contributed by atoms with E-state index in [4.69, 9.17) is 0 Å². The van der Waals surface area contributed by atoms with Crippen molar-refractivity contribution in [3.05, 3.63) is 33.9 Å². The van der Waals surface area contributed by atoms with Crippen LogP contribution in [0.1, 0.15) is 18.6 Å². The number of anilines is 1. The molecular formula is C10H14N2O3. The average molecular weight is 210 g/mol. The molecule has 0 aliphatic carbocycles. The Morgan fingerprint density at radius 2 is 2.07 bits per heavy atom. The summed E-state index contributed by atoms with van der Waals surface area (Å²) in [5.41, 5.74) is 1.09. The van der Waals surface area contributed by atoms with E-state index in [1.165, 1.54) is 6.07 Å². The van der Waals surface area contributed by atoms with E-state index in [0.717, 1.165) is 0 Å². The van der Waals surface area contributed by atoms with Crippen LogP contribution >= 0.6 is 0 Å². The Hall–Kier alpha value is -1.62. The van der Waals surface area contributed by atoms with Gasteiger partial charge in [0.25, 0.3) is 5.69 Å².